The van der Waals surface area contributed by atoms with E-state index in [0.29, 0.717) is 17.9 Å². The van der Waals surface area contributed by atoms with E-state index >= 15 is 0 Å². The fraction of sp³-hybridized carbons (Fsp3) is 0.167. The third kappa shape index (κ3) is 6.23. The van der Waals surface area contributed by atoms with Gasteiger partial charge in [-0.3, -0.25) is 4.79 Å². The molecule has 2 aromatic rings. The molecule has 0 atom stereocenters. The van der Waals surface area contributed by atoms with Crippen LogP contribution >= 0.6 is 11.3 Å². The van der Waals surface area contributed by atoms with Crippen LogP contribution in [0.4, 0.5) is 5.69 Å². The van der Waals surface area contributed by atoms with Gasteiger partial charge in [-0.25, -0.2) is 9.59 Å². The van der Waals surface area contributed by atoms with Gasteiger partial charge in [-0.05, 0) is 48.7 Å². The SMILES string of the molecule is CCOC(=O)c1ccc(NC(=O)COC(=O)/C=C/c2cccs2)cc1. The van der Waals surface area contributed by atoms with Gasteiger partial charge in [0.05, 0.1) is 12.2 Å². The molecule has 7 heteroatoms. The molecule has 0 aliphatic rings. The van der Waals surface area contributed by atoms with Crippen LogP contribution in [0, 0.1) is 0 Å². The summed E-state index contributed by atoms with van der Waals surface area (Å²) in [5.74, 6) is -1.49. The van der Waals surface area contributed by atoms with Gasteiger partial charge >= 0.3 is 11.9 Å². The Balaban J connectivity index is 1.78. The average Bonchev–Trinajstić information content (AvgIpc) is 3.12. The molecule has 1 aromatic heterocycles. The Hall–Kier alpha value is -2.93. The number of thiophene rings is 1. The number of esters is 2. The number of hydrogen-bond acceptors (Lipinski definition) is 6. The van der Waals surface area contributed by atoms with E-state index in [-0.39, 0.29) is 0 Å². The first-order chi connectivity index (χ1) is 12.1. The maximum atomic E-state index is 11.8. The molecule has 1 heterocycles. The summed E-state index contributed by atoms with van der Waals surface area (Å²) < 4.78 is 9.74. The number of anilines is 1. The van der Waals surface area contributed by atoms with Crippen LogP contribution in [0.5, 0.6) is 0 Å². The molecule has 0 bridgehead atoms. The van der Waals surface area contributed by atoms with Crippen molar-refractivity contribution in [2.75, 3.05) is 18.5 Å². The number of nitrogens with one attached hydrogen (secondary N) is 1. The molecule has 1 amide bonds. The summed E-state index contributed by atoms with van der Waals surface area (Å²) in [6, 6.07) is 9.97. The molecule has 6 nitrogen and oxygen atoms in total. The molecule has 0 radical (unpaired) electrons. The van der Waals surface area contributed by atoms with Crippen molar-refractivity contribution in [3.8, 4) is 0 Å². The summed E-state index contributed by atoms with van der Waals surface area (Å²) in [7, 11) is 0. The molecule has 0 spiro atoms. The lowest BCUT2D eigenvalue weighted by Gasteiger charge is -2.06. The first kappa shape index (κ1) is 18.4. The van der Waals surface area contributed by atoms with Crippen molar-refractivity contribution in [2.24, 2.45) is 0 Å². The third-order valence-corrected chi connectivity index (χ3v) is 3.79. The zero-order valence-electron chi connectivity index (χ0n) is 13.6. The first-order valence-corrected chi connectivity index (χ1v) is 8.42. The fourth-order valence-electron chi connectivity index (χ4n) is 1.82. The van der Waals surface area contributed by atoms with Crippen LogP contribution in [0.15, 0.2) is 47.9 Å². The number of ether oxygens (including phenoxy) is 2. The molecule has 1 N–H and O–H groups in total. The van der Waals surface area contributed by atoms with Crippen LogP contribution in [0.3, 0.4) is 0 Å². The van der Waals surface area contributed by atoms with Gasteiger partial charge in [0.15, 0.2) is 6.61 Å². The lowest BCUT2D eigenvalue weighted by atomic mass is 10.2. The van der Waals surface area contributed by atoms with E-state index in [1.807, 2.05) is 17.5 Å². The minimum Gasteiger partial charge on any atom is -0.462 e. The molecule has 25 heavy (non-hydrogen) atoms. The van der Waals surface area contributed by atoms with E-state index in [1.54, 1.807) is 37.3 Å². The monoisotopic (exact) mass is 359 g/mol. The lowest BCUT2D eigenvalue weighted by molar-refractivity contribution is -0.142. The minimum atomic E-state index is -0.596. The number of carbonyl (C=O) groups excluding carboxylic acids is 3. The molecule has 0 aliphatic carbocycles. The van der Waals surface area contributed by atoms with Gasteiger partial charge in [0, 0.05) is 16.6 Å². The third-order valence-electron chi connectivity index (χ3n) is 2.95. The summed E-state index contributed by atoms with van der Waals surface area (Å²) in [5, 5.41) is 4.47. The van der Waals surface area contributed by atoms with Crippen molar-refractivity contribution < 1.29 is 23.9 Å². The van der Waals surface area contributed by atoms with Gasteiger partial charge in [-0.2, -0.15) is 0 Å². The highest BCUT2D eigenvalue weighted by Crippen LogP contribution is 2.11. The predicted molar refractivity (Wildman–Crippen MR) is 95.3 cm³/mol. The fourth-order valence-corrected chi connectivity index (χ4v) is 2.44. The van der Waals surface area contributed by atoms with Gasteiger partial charge in [0.1, 0.15) is 0 Å². The summed E-state index contributed by atoms with van der Waals surface area (Å²) >= 11 is 1.49. The molecular formula is C18H17NO5S. The second kappa shape index (κ2) is 9.39. The van der Waals surface area contributed by atoms with Gasteiger partial charge in [0.2, 0.25) is 0 Å². The Morgan fingerprint density at radius 3 is 2.52 bits per heavy atom. The Morgan fingerprint density at radius 2 is 1.88 bits per heavy atom. The minimum absolute atomic E-state index is 0.295. The number of amides is 1. The second-order valence-electron chi connectivity index (χ2n) is 4.80. The Bertz CT molecular complexity index is 750. The molecule has 1 aromatic carbocycles. The number of rotatable bonds is 7. The van der Waals surface area contributed by atoms with Crippen LogP contribution in [-0.2, 0) is 19.1 Å². The van der Waals surface area contributed by atoms with Crippen LogP contribution in [-0.4, -0.2) is 31.1 Å². The highest BCUT2D eigenvalue weighted by atomic mass is 32.1. The number of benzene rings is 1. The van der Waals surface area contributed by atoms with Crippen molar-refractivity contribution in [1.29, 1.82) is 0 Å². The lowest BCUT2D eigenvalue weighted by Crippen LogP contribution is -2.20. The molecule has 0 saturated carbocycles. The molecule has 0 fully saturated rings. The number of carbonyl (C=O) groups is 3. The highest BCUT2D eigenvalue weighted by Gasteiger charge is 2.08. The maximum Gasteiger partial charge on any atom is 0.338 e. The summed E-state index contributed by atoms with van der Waals surface area (Å²) in [4.78, 5) is 35.8. The molecule has 2 rings (SSSR count). The predicted octanol–water partition coefficient (Wildman–Crippen LogP) is 3.12. The van der Waals surface area contributed by atoms with E-state index in [1.165, 1.54) is 17.4 Å². The van der Waals surface area contributed by atoms with Gasteiger partial charge < -0.3 is 14.8 Å². The Labute approximate surface area is 149 Å². The Kier molecular flexibility index (Phi) is 6.91. The molecule has 130 valence electrons. The highest BCUT2D eigenvalue weighted by molar-refractivity contribution is 7.10. The van der Waals surface area contributed by atoms with E-state index in [4.69, 9.17) is 9.47 Å². The largest absolute Gasteiger partial charge is 0.462 e. The van der Waals surface area contributed by atoms with E-state index < -0.39 is 24.5 Å². The normalized spacial score (nSPS) is 10.4. The molecular weight excluding hydrogens is 342 g/mol. The zero-order chi connectivity index (χ0) is 18.1. The van der Waals surface area contributed by atoms with E-state index in [2.05, 4.69) is 5.32 Å². The van der Waals surface area contributed by atoms with Crippen LogP contribution in [0.25, 0.3) is 6.08 Å². The standard InChI is InChI=1S/C18H17NO5S/c1-2-23-18(22)13-5-7-14(8-6-13)19-16(20)12-24-17(21)10-9-15-4-3-11-25-15/h3-11H,2,12H2,1H3,(H,19,20)/b10-9+. The topological polar surface area (TPSA) is 81.7 Å². The summed E-state index contributed by atoms with van der Waals surface area (Å²) in [6.45, 7) is 1.63. The van der Waals surface area contributed by atoms with Crippen molar-refractivity contribution in [3.63, 3.8) is 0 Å². The van der Waals surface area contributed by atoms with Gasteiger partial charge in [0.25, 0.3) is 5.91 Å². The van der Waals surface area contributed by atoms with E-state index in [0.717, 1.165) is 4.88 Å². The maximum absolute atomic E-state index is 11.8. The van der Waals surface area contributed by atoms with Crippen LogP contribution in [0.1, 0.15) is 22.2 Å². The van der Waals surface area contributed by atoms with Gasteiger partial charge in [-0.15, -0.1) is 11.3 Å². The smallest absolute Gasteiger partial charge is 0.338 e. The average molecular weight is 359 g/mol. The van der Waals surface area contributed by atoms with Crippen molar-refractivity contribution in [2.45, 2.75) is 6.92 Å². The second-order valence-corrected chi connectivity index (χ2v) is 5.78. The van der Waals surface area contributed by atoms with Gasteiger partial charge in [-0.1, -0.05) is 6.07 Å². The van der Waals surface area contributed by atoms with Crippen LogP contribution < -0.4 is 5.32 Å². The van der Waals surface area contributed by atoms with E-state index in [9.17, 15) is 14.4 Å². The quantitative estimate of drug-likeness (QED) is 0.607. The Morgan fingerprint density at radius 1 is 1.12 bits per heavy atom. The van der Waals surface area contributed by atoms with Crippen molar-refractivity contribution in [1.82, 2.24) is 0 Å². The number of hydrogen-bond donors (Lipinski definition) is 1. The first-order valence-electron chi connectivity index (χ1n) is 7.54. The summed E-state index contributed by atoms with van der Waals surface area (Å²) in [5.41, 5.74) is 0.883. The summed E-state index contributed by atoms with van der Waals surface area (Å²) in [6.07, 6.45) is 2.90. The zero-order valence-corrected chi connectivity index (χ0v) is 14.4. The van der Waals surface area contributed by atoms with Crippen molar-refractivity contribution in [3.05, 3.63) is 58.3 Å². The molecule has 0 saturated heterocycles. The molecule has 0 unspecified atom stereocenters. The van der Waals surface area contributed by atoms with Crippen LogP contribution in [0.2, 0.25) is 0 Å². The van der Waals surface area contributed by atoms with Crippen molar-refractivity contribution >= 4 is 40.9 Å². The molecule has 0 aliphatic heterocycles.